The van der Waals surface area contributed by atoms with Crippen LogP contribution in [0.5, 0.6) is 11.5 Å². The van der Waals surface area contributed by atoms with E-state index in [1.165, 1.54) is 11.1 Å². The van der Waals surface area contributed by atoms with Crippen molar-refractivity contribution in [1.29, 1.82) is 0 Å². The van der Waals surface area contributed by atoms with Crippen LogP contribution in [-0.2, 0) is 26.5 Å². The van der Waals surface area contributed by atoms with Gasteiger partial charge in [-0.25, -0.2) is 4.98 Å². The quantitative estimate of drug-likeness (QED) is 0.127. The van der Waals surface area contributed by atoms with Gasteiger partial charge >= 0.3 is 0 Å². The van der Waals surface area contributed by atoms with Gasteiger partial charge in [0.1, 0.15) is 5.82 Å². The number of benzene rings is 7. The van der Waals surface area contributed by atoms with Crippen LogP contribution in [0.3, 0.4) is 0 Å². The van der Waals surface area contributed by atoms with E-state index in [0.29, 0.717) is 11.5 Å². The Labute approximate surface area is 347 Å². The molecule has 0 radical (unpaired) electrons. The molecule has 0 fully saturated rings. The van der Waals surface area contributed by atoms with Crippen molar-refractivity contribution in [3.8, 4) is 50.7 Å². The average molecular weight is 915 g/mol. The van der Waals surface area contributed by atoms with E-state index in [4.69, 9.17) is 9.72 Å². The second-order valence-electron chi connectivity index (χ2n) is 15.2. The molecule has 0 atom stereocenters. The number of rotatable bonds is 5. The van der Waals surface area contributed by atoms with E-state index in [9.17, 15) is 0 Å². The molecule has 0 amide bonds. The topological polar surface area (TPSA) is 30.1 Å². The smallest absolute Gasteiger partial charge is 0.178 e. The summed E-state index contributed by atoms with van der Waals surface area (Å²) in [5, 5.41) is 2.23. The Hall–Kier alpha value is -6.35. The summed E-state index contributed by atoms with van der Waals surface area (Å²) < 4.78 is 11.0. The standard InChI is InChI=1S/C52H37N3O.Pt/c1-52(2,3)36-29-30-53-51(31-36)55-49-26-12-10-22-45(49)46-28-27-39(33-50(46)55)56-38-18-13-17-37(32-38)54-34-47-40(35-15-5-4-6-16-35)23-14-24-43(47)41-19-7-8-20-42(41)44-21-9-11-25-48(44)54;/h4-31H,1-3H3;/q-2;. The first-order valence-electron chi connectivity index (χ1n) is 19.0. The second kappa shape index (κ2) is 14.6. The predicted molar refractivity (Wildman–Crippen MR) is 230 cm³/mol. The van der Waals surface area contributed by atoms with Crippen molar-refractivity contribution in [3.63, 3.8) is 0 Å². The molecule has 9 aromatic rings. The first kappa shape index (κ1) is 36.3. The molecule has 1 aliphatic rings. The van der Waals surface area contributed by atoms with Crippen LogP contribution in [-0.4, -0.2) is 15.8 Å². The molecule has 1 aliphatic heterocycles. The minimum absolute atomic E-state index is 0. The van der Waals surface area contributed by atoms with E-state index in [2.05, 4.69) is 194 Å². The Kier molecular flexibility index (Phi) is 9.31. The van der Waals surface area contributed by atoms with Crippen LogP contribution in [0, 0.1) is 12.1 Å². The van der Waals surface area contributed by atoms with Gasteiger partial charge < -0.3 is 9.30 Å². The third kappa shape index (κ3) is 6.50. The van der Waals surface area contributed by atoms with Gasteiger partial charge in [-0.3, -0.25) is 4.58 Å². The fourth-order valence-corrected chi connectivity index (χ4v) is 7.89. The largest absolute Gasteiger partial charge is 0.510 e. The van der Waals surface area contributed by atoms with E-state index in [1.807, 2.05) is 24.4 Å². The zero-order valence-electron chi connectivity index (χ0n) is 31.7. The van der Waals surface area contributed by atoms with Crippen molar-refractivity contribution >= 4 is 39.4 Å². The van der Waals surface area contributed by atoms with Crippen LogP contribution < -0.4 is 9.31 Å². The molecule has 10 rings (SSSR count). The minimum atomic E-state index is -0.0221. The molecule has 0 spiro atoms. The van der Waals surface area contributed by atoms with Gasteiger partial charge in [0.25, 0.3) is 0 Å². The second-order valence-corrected chi connectivity index (χ2v) is 15.2. The molecule has 0 unspecified atom stereocenters. The van der Waals surface area contributed by atoms with Gasteiger partial charge in [-0.2, -0.15) is 12.1 Å². The molecule has 57 heavy (non-hydrogen) atoms. The number of hydrogen-bond donors (Lipinski definition) is 0. The summed E-state index contributed by atoms with van der Waals surface area (Å²) in [5.41, 5.74) is 12.8. The summed E-state index contributed by atoms with van der Waals surface area (Å²) in [5.74, 6) is 2.02. The van der Waals surface area contributed by atoms with Crippen molar-refractivity contribution in [2.24, 2.45) is 0 Å². The maximum Gasteiger partial charge on any atom is 0.178 e. The summed E-state index contributed by atoms with van der Waals surface area (Å²) >= 11 is 0. The van der Waals surface area contributed by atoms with Crippen LogP contribution in [0.4, 0.5) is 11.4 Å². The third-order valence-corrected chi connectivity index (χ3v) is 10.6. The van der Waals surface area contributed by atoms with E-state index in [-0.39, 0.29) is 26.5 Å². The van der Waals surface area contributed by atoms with Gasteiger partial charge in [0.05, 0.1) is 0 Å². The molecular weight excluding hydrogens is 878 g/mol. The van der Waals surface area contributed by atoms with E-state index in [0.717, 1.165) is 72.4 Å². The van der Waals surface area contributed by atoms with Gasteiger partial charge in [-0.1, -0.05) is 152 Å². The van der Waals surface area contributed by atoms with Gasteiger partial charge in [-0.05, 0) is 57.3 Å². The summed E-state index contributed by atoms with van der Waals surface area (Å²) in [7, 11) is 0. The number of fused-ring (bicyclic) bond motifs is 8. The molecule has 3 heterocycles. The number of aromatic nitrogens is 2. The molecule has 7 aromatic carbocycles. The summed E-state index contributed by atoms with van der Waals surface area (Å²) in [6, 6.07) is 64.3. The molecule has 0 bridgehead atoms. The van der Waals surface area contributed by atoms with E-state index in [1.54, 1.807) is 0 Å². The molecule has 0 aliphatic carbocycles. The molecule has 5 heteroatoms. The minimum Gasteiger partial charge on any atom is -0.510 e. The number of ether oxygens (including phenoxy) is 1. The number of nitrogens with zero attached hydrogens (tertiary/aromatic N) is 3. The Morgan fingerprint density at radius 2 is 1.25 bits per heavy atom. The first-order chi connectivity index (χ1) is 27.4. The Bertz CT molecular complexity index is 2990. The van der Waals surface area contributed by atoms with Crippen LogP contribution in [0.2, 0.25) is 0 Å². The molecule has 0 saturated carbocycles. The number of hydrogen-bond acceptors (Lipinski definition) is 2. The first-order valence-corrected chi connectivity index (χ1v) is 19.0. The molecule has 2 aromatic heterocycles. The van der Waals surface area contributed by atoms with E-state index < -0.39 is 0 Å². The van der Waals surface area contributed by atoms with Crippen molar-refractivity contribution < 1.29 is 25.8 Å². The van der Waals surface area contributed by atoms with Crippen LogP contribution in [0.25, 0.3) is 61.0 Å². The maximum atomic E-state index is 6.65. The molecule has 0 N–H and O–H groups in total. The summed E-state index contributed by atoms with van der Waals surface area (Å²) in [4.78, 5) is 4.84. The Morgan fingerprint density at radius 3 is 2.07 bits per heavy atom. The Balaban J connectivity index is 0.00000422. The van der Waals surface area contributed by atoms with Crippen molar-refractivity contribution in [3.05, 3.63) is 193 Å². The number of para-hydroxylation sites is 2. The molecule has 4 nitrogen and oxygen atoms in total. The van der Waals surface area contributed by atoms with Gasteiger partial charge in [-0.15, -0.1) is 35.7 Å². The SMILES string of the molecule is CC(C)(C)c1ccnc(-n2c3[c-]c(Oc4[c-]c([N+]5=[C-]c6c(-c7ccccc7)cccc6-c6ccccc6-c6ccccc65)ccc4)ccc3c3ccccc32)c1.[Pt]. The van der Waals surface area contributed by atoms with E-state index >= 15 is 0 Å². The van der Waals surface area contributed by atoms with Crippen LogP contribution in [0.15, 0.2) is 170 Å². The monoisotopic (exact) mass is 914 g/mol. The maximum absolute atomic E-state index is 6.65. The zero-order chi connectivity index (χ0) is 37.8. The Morgan fingerprint density at radius 1 is 0.579 bits per heavy atom. The molecule has 0 saturated heterocycles. The van der Waals surface area contributed by atoms with Gasteiger partial charge in [0, 0.05) is 55.5 Å². The summed E-state index contributed by atoms with van der Waals surface area (Å²) in [6.45, 7) is 6.67. The fraction of sp³-hybridized carbons (Fsp3) is 0.0769. The van der Waals surface area contributed by atoms with Crippen molar-refractivity contribution in [1.82, 2.24) is 14.1 Å². The zero-order valence-corrected chi connectivity index (χ0v) is 34.0. The van der Waals surface area contributed by atoms with Gasteiger partial charge in [0.2, 0.25) is 0 Å². The average Bonchev–Trinajstić information content (AvgIpc) is 3.56. The van der Waals surface area contributed by atoms with Crippen LogP contribution >= 0.6 is 0 Å². The number of pyridine rings is 1. The normalized spacial score (nSPS) is 12.1. The van der Waals surface area contributed by atoms with Gasteiger partial charge in [0.15, 0.2) is 11.9 Å². The van der Waals surface area contributed by atoms with Crippen LogP contribution in [0.1, 0.15) is 31.9 Å². The van der Waals surface area contributed by atoms with Crippen molar-refractivity contribution in [2.75, 3.05) is 0 Å². The van der Waals surface area contributed by atoms with Crippen molar-refractivity contribution in [2.45, 2.75) is 26.2 Å². The predicted octanol–water partition coefficient (Wildman–Crippen LogP) is 13.0. The summed E-state index contributed by atoms with van der Waals surface area (Å²) in [6.07, 6.45) is 5.78. The fourth-order valence-electron chi connectivity index (χ4n) is 7.89. The molecular formula is C52H37N3OPt-2. The third-order valence-electron chi connectivity index (χ3n) is 10.6. The molecule has 278 valence electrons.